The summed E-state index contributed by atoms with van der Waals surface area (Å²) in [7, 11) is 1.54. The van der Waals surface area contributed by atoms with E-state index in [2.05, 4.69) is 31.4 Å². The van der Waals surface area contributed by atoms with Crippen molar-refractivity contribution in [2.24, 2.45) is 0 Å². The zero-order valence-electron chi connectivity index (χ0n) is 13.2. The number of nitrogens with one attached hydrogen (secondary N) is 1. The molecule has 23 heavy (non-hydrogen) atoms. The molecule has 124 valence electrons. The van der Waals surface area contributed by atoms with Gasteiger partial charge in [0.05, 0.1) is 18.2 Å². The summed E-state index contributed by atoms with van der Waals surface area (Å²) in [5, 5.41) is 12.0. The summed E-state index contributed by atoms with van der Waals surface area (Å²) < 4.78 is 11.6. The second-order valence-electron chi connectivity index (χ2n) is 4.65. The smallest absolute Gasteiger partial charge is 0.257 e. The Hall–Kier alpha value is -1.67. The zero-order chi connectivity index (χ0) is 16.8. The molecule has 0 unspecified atom stereocenters. The molecular formula is C15H18BrN3O3S. The van der Waals surface area contributed by atoms with Gasteiger partial charge >= 0.3 is 0 Å². The standard InChI is InChI=1S/C15H18BrN3O3S/c1-4-6-22-13-10(16)7-9(8-11(13)21-3)14(20)17-15-19-18-12(5-2)23-15/h7-8H,4-6H2,1-3H3,(H,17,19,20). The third-order valence-corrected chi connectivity index (χ3v) is 4.50. The molecule has 8 heteroatoms. The maximum absolute atomic E-state index is 12.4. The number of hydrogen-bond acceptors (Lipinski definition) is 6. The molecule has 2 rings (SSSR count). The molecule has 0 fully saturated rings. The van der Waals surface area contributed by atoms with E-state index >= 15 is 0 Å². The molecule has 1 heterocycles. The number of nitrogens with zero attached hydrogens (tertiary/aromatic N) is 2. The second-order valence-corrected chi connectivity index (χ2v) is 6.56. The Balaban J connectivity index is 2.21. The van der Waals surface area contributed by atoms with Crippen LogP contribution in [0.15, 0.2) is 16.6 Å². The molecule has 0 spiro atoms. The van der Waals surface area contributed by atoms with Crippen LogP contribution in [-0.2, 0) is 6.42 Å². The topological polar surface area (TPSA) is 73.3 Å². The van der Waals surface area contributed by atoms with Crippen LogP contribution in [0.25, 0.3) is 0 Å². The van der Waals surface area contributed by atoms with Crippen LogP contribution < -0.4 is 14.8 Å². The molecule has 1 aromatic heterocycles. The summed E-state index contributed by atoms with van der Waals surface area (Å²) in [5.74, 6) is 0.824. The van der Waals surface area contributed by atoms with Gasteiger partial charge in [-0.1, -0.05) is 25.2 Å². The van der Waals surface area contributed by atoms with Crippen molar-refractivity contribution in [3.05, 3.63) is 27.2 Å². The van der Waals surface area contributed by atoms with Gasteiger partial charge in [-0.3, -0.25) is 10.1 Å². The minimum atomic E-state index is -0.273. The van der Waals surface area contributed by atoms with Crippen LogP contribution in [0.1, 0.15) is 35.6 Å². The van der Waals surface area contributed by atoms with Crippen LogP contribution in [0, 0.1) is 0 Å². The molecule has 1 aromatic carbocycles. The number of ether oxygens (including phenoxy) is 2. The lowest BCUT2D eigenvalue weighted by atomic mass is 10.2. The highest BCUT2D eigenvalue weighted by atomic mass is 79.9. The van der Waals surface area contributed by atoms with E-state index in [1.54, 1.807) is 19.2 Å². The predicted molar refractivity (Wildman–Crippen MR) is 93.7 cm³/mol. The fourth-order valence-electron chi connectivity index (χ4n) is 1.81. The molecule has 0 atom stereocenters. The van der Waals surface area contributed by atoms with E-state index in [0.29, 0.717) is 33.3 Å². The van der Waals surface area contributed by atoms with Crippen molar-refractivity contribution in [3.8, 4) is 11.5 Å². The molecule has 0 saturated carbocycles. The number of anilines is 1. The van der Waals surface area contributed by atoms with Crippen molar-refractivity contribution < 1.29 is 14.3 Å². The molecule has 0 aliphatic carbocycles. The van der Waals surface area contributed by atoms with E-state index in [1.165, 1.54) is 11.3 Å². The third kappa shape index (κ3) is 4.42. The lowest BCUT2D eigenvalue weighted by Crippen LogP contribution is -2.12. The Morgan fingerprint density at radius 2 is 2.13 bits per heavy atom. The highest BCUT2D eigenvalue weighted by molar-refractivity contribution is 9.10. The van der Waals surface area contributed by atoms with Gasteiger partial charge in [0.2, 0.25) is 5.13 Å². The molecule has 0 saturated heterocycles. The van der Waals surface area contributed by atoms with Gasteiger partial charge in [-0.25, -0.2) is 0 Å². The maximum atomic E-state index is 12.4. The summed E-state index contributed by atoms with van der Waals surface area (Å²) in [5.41, 5.74) is 0.450. The first kappa shape index (κ1) is 17.7. The molecule has 1 N–H and O–H groups in total. The first-order valence-electron chi connectivity index (χ1n) is 7.23. The maximum Gasteiger partial charge on any atom is 0.257 e. The van der Waals surface area contributed by atoms with Crippen LogP contribution in [0.2, 0.25) is 0 Å². The number of methoxy groups -OCH3 is 1. The van der Waals surface area contributed by atoms with Crippen molar-refractivity contribution in [1.29, 1.82) is 0 Å². The molecule has 0 aliphatic rings. The van der Waals surface area contributed by atoms with Gasteiger partial charge < -0.3 is 9.47 Å². The van der Waals surface area contributed by atoms with Gasteiger partial charge in [0.15, 0.2) is 11.5 Å². The number of benzene rings is 1. The Labute approximate surface area is 147 Å². The lowest BCUT2D eigenvalue weighted by Gasteiger charge is -2.13. The first-order valence-corrected chi connectivity index (χ1v) is 8.84. The molecule has 2 aromatic rings. The summed E-state index contributed by atoms with van der Waals surface area (Å²) in [6, 6.07) is 3.34. The van der Waals surface area contributed by atoms with E-state index < -0.39 is 0 Å². The molecule has 0 radical (unpaired) electrons. The van der Waals surface area contributed by atoms with Crippen LogP contribution in [0.3, 0.4) is 0 Å². The zero-order valence-corrected chi connectivity index (χ0v) is 15.6. The molecule has 6 nitrogen and oxygen atoms in total. The van der Waals surface area contributed by atoms with Gasteiger partial charge in [-0.2, -0.15) is 0 Å². The summed E-state index contributed by atoms with van der Waals surface area (Å²) in [4.78, 5) is 12.4. The van der Waals surface area contributed by atoms with Crippen molar-refractivity contribution in [2.45, 2.75) is 26.7 Å². The Kier molecular flexibility index (Phi) is 6.35. The van der Waals surface area contributed by atoms with Crippen LogP contribution >= 0.6 is 27.3 Å². The number of carbonyl (C=O) groups is 1. The number of halogens is 1. The number of aromatic nitrogens is 2. The van der Waals surface area contributed by atoms with Gasteiger partial charge in [0, 0.05) is 5.56 Å². The van der Waals surface area contributed by atoms with Gasteiger partial charge in [-0.15, -0.1) is 10.2 Å². The summed E-state index contributed by atoms with van der Waals surface area (Å²) >= 11 is 4.79. The Bertz CT molecular complexity index is 691. The molecule has 0 aliphatic heterocycles. The lowest BCUT2D eigenvalue weighted by molar-refractivity contribution is 0.102. The number of amides is 1. The molecule has 0 bridgehead atoms. The van der Waals surface area contributed by atoms with Gasteiger partial charge in [0.1, 0.15) is 5.01 Å². The van der Waals surface area contributed by atoms with Crippen molar-refractivity contribution in [1.82, 2.24) is 10.2 Å². The predicted octanol–water partition coefficient (Wildman–Crippen LogP) is 3.91. The van der Waals surface area contributed by atoms with E-state index in [0.717, 1.165) is 17.8 Å². The third-order valence-electron chi connectivity index (χ3n) is 2.93. The fraction of sp³-hybridized carbons (Fsp3) is 0.400. The normalized spacial score (nSPS) is 10.4. The molecular weight excluding hydrogens is 382 g/mol. The summed E-state index contributed by atoms with van der Waals surface area (Å²) in [6.07, 6.45) is 1.67. The van der Waals surface area contributed by atoms with Crippen molar-refractivity contribution >= 4 is 38.3 Å². The number of aryl methyl sites for hydroxylation is 1. The van der Waals surface area contributed by atoms with Crippen LogP contribution in [0.5, 0.6) is 11.5 Å². The van der Waals surface area contributed by atoms with Crippen molar-refractivity contribution in [2.75, 3.05) is 19.0 Å². The van der Waals surface area contributed by atoms with E-state index in [-0.39, 0.29) is 5.91 Å². The largest absolute Gasteiger partial charge is 0.493 e. The van der Waals surface area contributed by atoms with Crippen molar-refractivity contribution in [3.63, 3.8) is 0 Å². The minimum Gasteiger partial charge on any atom is -0.493 e. The van der Waals surface area contributed by atoms with E-state index in [9.17, 15) is 4.79 Å². The Morgan fingerprint density at radius 3 is 2.74 bits per heavy atom. The quantitative estimate of drug-likeness (QED) is 0.763. The molecule has 1 amide bonds. The van der Waals surface area contributed by atoms with E-state index in [1.807, 2.05) is 13.8 Å². The average molecular weight is 400 g/mol. The number of hydrogen-bond donors (Lipinski definition) is 1. The minimum absolute atomic E-state index is 0.273. The number of carbonyl (C=O) groups excluding carboxylic acids is 1. The monoisotopic (exact) mass is 399 g/mol. The van der Waals surface area contributed by atoms with Gasteiger partial charge in [-0.05, 0) is 40.9 Å². The SMILES string of the molecule is CCCOc1c(Br)cc(C(=O)Nc2nnc(CC)s2)cc1OC. The second kappa shape index (κ2) is 8.26. The highest BCUT2D eigenvalue weighted by Crippen LogP contribution is 2.37. The average Bonchev–Trinajstić information content (AvgIpc) is 3.00. The first-order chi connectivity index (χ1) is 11.1. The number of rotatable bonds is 7. The summed E-state index contributed by atoms with van der Waals surface area (Å²) in [6.45, 7) is 4.59. The van der Waals surface area contributed by atoms with Crippen LogP contribution in [0.4, 0.5) is 5.13 Å². The highest BCUT2D eigenvalue weighted by Gasteiger charge is 2.16. The van der Waals surface area contributed by atoms with Crippen LogP contribution in [-0.4, -0.2) is 29.8 Å². The van der Waals surface area contributed by atoms with Gasteiger partial charge in [0.25, 0.3) is 5.91 Å². The van der Waals surface area contributed by atoms with E-state index in [4.69, 9.17) is 9.47 Å². The Morgan fingerprint density at radius 1 is 1.35 bits per heavy atom. The fourth-order valence-corrected chi connectivity index (χ4v) is 3.04.